The third kappa shape index (κ3) is 4.51. The van der Waals surface area contributed by atoms with Gasteiger partial charge in [-0.3, -0.25) is 4.79 Å². The Hall–Kier alpha value is -3.07. The molecule has 1 aliphatic heterocycles. The molecule has 9 heteroatoms. The van der Waals surface area contributed by atoms with Gasteiger partial charge in [-0.2, -0.15) is 4.68 Å². The normalized spacial score (nSPS) is 13.0. The number of hydrogen-bond acceptors (Lipinski definition) is 7. The van der Waals surface area contributed by atoms with E-state index in [1.165, 1.54) is 17.3 Å². The molecule has 1 amide bonds. The number of carbonyl (C=O) groups is 1. The molecule has 29 heavy (non-hydrogen) atoms. The van der Waals surface area contributed by atoms with Gasteiger partial charge in [0.15, 0.2) is 11.5 Å². The maximum atomic E-state index is 12.4. The fraction of sp³-hybridized carbons (Fsp3) is 0.300. The summed E-state index contributed by atoms with van der Waals surface area (Å²) in [5.74, 6) is 1.37. The molecule has 3 aromatic rings. The average Bonchev–Trinajstić information content (AvgIpc) is 3.03. The first-order valence-corrected chi connectivity index (χ1v) is 10.3. The zero-order chi connectivity index (χ0) is 20.2. The molecule has 150 valence electrons. The predicted octanol–water partition coefficient (Wildman–Crippen LogP) is 3.17. The topological polar surface area (TPSA) is 91.2 Å². The van der Waals surface area contributed by atoms with Crippen molar-refractivity contribution >= 4 is 23.4 Å². The lowest BCUT2D eigenvalue weighted by Gasteiger charge is -2.10. The maximum Gasteiger partial charge on any atom is 0.234 e. The molecule has 0 saturated heterocycles. The number of amides is 1. The number of anilines is 1. The highest BCUT2D eigenvalue weighted by Gasteiger charge is 2.15. The van der Waals surface area contributed by atoms with Crippen LogP contribution in [0.25, 0.3) is 5.69 Å². The van der Waals surface area contributed by atoms with E-state index in [9.17, 15) is 4.79 Å². The minimum atomic E-state index is -0.153. The fourth-order valence-corrected chi connectivity index (χ4v) is 3.72. The lowest BCUT2D eigenvalue weighted by molar-refractivity contribution is -0.113. The van der Waals surface area contributed by atoms with E-state index in [-0.39, 0.29) is 11.7 Å². The molecule has 2 heterocycles. The Kier molecular flexibility index (Phi) is 5.66. The SMILES string of the molecule is Cc1ccc(-n2nnnc2SCC(=O)Nc2ccc3c(c2)OCCCO3)c(C)c1. The number of ether oxygens (including phenoxy) is 2. The second-order valence-corrected chi connectivity index (χ2v) is 7.65. The number of thioether (sulfide) groups is 1. The van der Waals surface area contributed by atoms with Gasteiger partial charge in [0.1, 0.15) is 0 Å². The summed E-state index contributed by atoms with van der Waals surface area (Å²) in [4.78, 5) is 12.4. The predicted molar refractivity (Wildman–Crippen MR) is 110 cm³/mol. The highest BCUT2D eigenvalue weighted by Crippen LogP contribution is 2.32. The van der Waals surface area contributed by atoms with Crippen molar-refractivity contribution in [3.63, 3.8) is 0 Å². The van der Waals surface area contributed by atoms with Gasteiger partial charge in [-0.05, 0) is 48.0 Å². The Morgan fingerprint density at radius 2 is 1.97 bits per heavy atom. The van der Waals surface area contributed by atoms with E-state index in [1.807, 2.05) is 32.0 Å². The van der Waals surface area contributed by atoms with Crippen molar-refractivity contribution in [3.05, 3.63) is 47.5 Å². The van der Waals surface area contributed by atoms with Gasteiger partial charge in [-0.1, -0.05) is 29.5 Å². The fourth-order valence-electron chi connectivity index (χ4n) is 3.03. The van der Waals surface area contributed by atoms with Crippen molar-refractivity contribution < 1.29 is 14.3 Å². The van der Waals surface area contributed by atoms with Crippen molar-refractivity contribution in [1.82, 2.24) is 20.2 Å². The third-order valence-corrected chi connectivity index (χ3v) is 5.30. The summed E-state index contributed by atoms with van der Waals surface area (Å²) in [6.07, 6.45) is 0.836. The number of nitrogens with one attached hydrogen (secondary N) is 1. The van der Waals surface area contributed by atoms with Crippen LogP contribution in [0.4, 0.5) is 5.69 Å². The molecular formula is C20H21N5O3S. The number of rotatable bonds is 5. The monoisotopic (exact) mass is 411 g/mol. The molecule has 0 aliphatic carbocycles. The van der Waals surface area contributed by atoms with E-state index < -0.39 is 0 Å². The van der Waals surface area contributed by atoms with Crippen LogP contribution in [-0.4, -0.2) is 45.1 Å². The smallest absolute Gasteiger partial charge is 0.234 e. The molecule has 0 radical (unpaired) electrons. The highest BCUT2D eigenvalue weighted by atomic mass is 32.2. The van der Waals surface area contributed by atoms with Gasteiger partial charge >= 0.3 is 0 Å². The van der Waals surface area contributed by atoms with Crippen LogP contribution in [0.15, 0.2) is 41.6 Å². The molecular weight excluding hydrogens is 390 g/mol. The van der Waals surface area contributed by atoms with E-state index in [1.54, 1.807) is 16.8 Å². The van der Waals surface area contributed by atoms with Crippen molar-refractivity contribution in [1.29, 1.82) is 0 Å². The van der Waals surface area contributed by atoms with E-state index in [4.69, 9.17) is 9.47 Å². The Balaban J connectivity index is 1.41. The van der Waals surface area contributed by atoms with Crippen LogP contribution in [0.1, 0.15) is 17.5 Å². The number of benzene rings is 2. The zero-order valence-electron chi connectivity index (χ0n) is 16.2. The quantitative estimate of drug-likeness (QED) is 0.645. The average molecular weight is 411 g/mol. The van der Waals surface area contributed by atoms with E-state index in [0.717, 1.165) is 17.7 Å². The number of nitrogens with zero attached hydrogens (tertiary/aromatic N) is 4. The molecule has 2 aromatic carbocycles. The lowest BCUT2D eigenvalue weighted by atomic mass is 10.1. The van der Waals surface area contributed by atoms with Gasteiger partial charge < -0.3 is 14.8 Å². The van der Waals surface area contributed by atoms with Crippen molar-refractivity contribution in [2.75, 3.05) is 24.3 Å². The molecule has 4 rings (SSSR count). The molecule has 0 atom stereocenters. The van der Waals surface area contributed by atoms with Crippen LogP contribution < -0.4 is 14.8 Å². The number of aromatic nitrogens is 4. The van der Waals surface area contributed by atoms with Crippen molar-refractivity contribution in [2.24, 2.45) is 0 Å². The summed E-state index contributed by atoms with van der Waals surface area (Å²) in [5, 5.41) is 15.3. The first-order chi connectivity index (χ1) is 14.1. The summed E-state index contributed by atoms with van der Waals surface area (Å²) in [5.41, 5.74) is 3.79. The maximum absolute atomic E-state index is 12.4. The third-order valence-electron chi connectivity index (χ3n) is 4.39. The molecule has 0 unspecified atom stereocenters. The summed E-state index contributed by atoms with van der Waals surface area (Å²) in [6, 6.07) is 11.4. The Bertz CT molecular complexity index is 1040. The van der Waals surface area contributed by atoms with Crippen LogP contribution in [0.2, 0.25) is 0 Å². The van der Waals surface area contributed by atoms with Crippen LogP contribution >= 0.6 is 11.8 Å². The van der Waals surface area contributed by atoms with Crippen LogP contribution in [0.3, 0.4) is 0 Å². The van der Waals surface area contributed by atoms with Gasteiger partial charge in [-0.25, -0.2) is 0 Å². The number of tetrazole rings is 1. The van der Waals surface area contributed by atoms with Crippen LogP contribution in [0.5, 0.6) is 11.5 Å². The molecule has 0 saturated carbocycles. The summed E-state index contributed by atoms with van der Waals surface area (Å²) >= 11 is 1.28. The Labute approximate surface area is 172 Å². The van der Waals surface area contributed by atoms with E-state index >= 15 is 0 Å². The minimum Gasteiger partial charge on any atom is -0.490 e. The molecule has 1 aromatic heterocycles. The van der Waals surface area contributed by atoms with Gasteiger partial charge in [0.05, 0.1) is 24.7 Å². The van der Waals surface area contributed by atoms with Gasteiger partial charge in [-0.15, -0.1) is 5.10 Å². The van der Waals surface area contributed by atoms with Gasteiger partial charge in [0.2, 0.25) is 11.1 Å². The van der Waals surface area contributed by atoms with Crippen molar-refractivity contribution in [2.45, 2.75) is 25.4 Å². The Morgan fingerprint density at radius 1 is 1.14 bits per heavy atom. The van der Waals surface area contributed by atoms with Gasteiger partial charge in [0, 0.05) is 18.2 Å². The van der Waals surface area contributed by atoms with Gasteiger partial charge in [0.25, 0.3) is 0 Å². The summed E-state index contributed by atoms with van der Waals surface area (Å²) in [7, 11) is 0. The molecule has 0 spiro atoms. The lowest BCUT2D eigenvalue weighted by Crippen LogP contribution is -2.14. The molecule has 0 bridgehead atoms. The summed E-state index contributed by atoms with van der Waals surface area (Å²) in [6.45, 7) is 5.27. The molecule has 8 nitrogen and oxygen atoms in total. The Morgan fingerprint density at radius 3 is 2.79 bits per heavy atom. The van der Waals surface area contributed by atoms with Crippen LogP contribution in [-0.2, 0) is 4.79 Å². The first kappa shape index (κ1) is 19.3. The minimum absolute atomic E-state index is 0.153. The second-order valence-electron chi connectivity index (χ2n) is 6.71. The molecule has 1 N–H and O–H groups in total. The van der Waals surface area contributed by atoms with E-state index in [0.29, 0.717) is 35.6 Å². The van der Waals surface area contributed by atoms with Crippen LogP contribution in [0, 0.1) is 13.8 Å². The van der Waals surface area contributed by atoms with E-state index in [2.05, 4.69) is 26.9 Å². The number of hydrogen-bond donors (Lipinski definition) is 1. The number of fused-ring (bicyclic) bond motifs is 1. The molecule has 1 aliphatic rings. The number of carbonyl (C=O) groups excluding carboxylic acids is 1. The number of aryl methyl sites for hydroxylation is 2. The standard InChI is InChI=1S/C20H21N5O3S/c1-13-4-6-16(14(2)10-13)25-20(22-23-24-25)29-12-19(26)21-15-5-7-17-18(11-15)28-9-3-8-27-17/h4-7,10-11H,3,8-9,12H2,1-2H3,(H,21,26). The first-order valence-electron chi connectivity index (χ1n) is 9.28. The largest absolute Gasteiger partial charge is 0.490 e. The molecule has 0 fully saturated rings. The van der Waals surface area contributed by atoms with Crippen molar-refractivity contribution in [3.8, 4) is 17.2 Å². The summed E-state index contributed by atoms with van der Waals surface area (Å²) < 4.78 is 12.9. The second kappa shape index (κ2) is 8.52. The zero-order valence-corrected chi connectivity index (χ0v) is 17.0. The highest BCUT2D eigenvalue weighted by molar-refractivity contribution is 7.99.